The minimum Gasteiger partial charge on any atom is -0.491 e. The van der Waals surface area contributed by atoms with E-state index in [1.165, 1.54) is 0 Å². The van der Waals surface area contributed by atoms with Gasteiger partial charge in [0.15, 0.2) is 0 Å². The number of hydrogen-bond donors (Lipinski definition) is 0. The monoisotopic (exact) mass is 403 g/mol. The maximum atomic E-state index is 12.5. The molecule has 7 heteroatoms. The average molecular weight is 403 g/mol. The Hall–Kier alpha value is -1.73. The van der Waals surface area contributed by atoms with Gasteiger partial charge in [0.05, 0.1) is 11.6 Å². The highest BCUT2D eigenvalue weighted by atomic mass is 16.6. The number of carbonyl (C=O) groups excluding carboxylic acids is 1. The van der Waals surface area contributed by atoms with E-state index in [1.807, 2.05) is 45.0 Å². The van der Waals surface area contributed by atoms with Crippen molar-refractivity contribution in [2.45, 2.75) is 84.2 Å². The van der Waals surface area contributed by atoms with E-state index in [-0.39, 0.29) is 23.8 Å². The molecule has 0 radical (unpaired) electrons. The smallest absolute Gasteiger partial charge is 0.491 e. The van der Waals surface area contributed by atoms with Gasteiger partial charge < -0.3 is 23.7 Å². The average Bonchev–Trinajstić information content (AvgIpc) is 3.06. The zero-order valence-corrected chi connectivity index (χ0v) is 18.6. The molecule has 1 aromatic carbocycles. The van der Waals surface area contributed by atoms with Crippen LogP contribution in [0.3, 0.4) is 0 Å². The van der Waals surface area contributed by atoms with E-state index in [9.17, 15) is 4.79 Å². The van der Waals surface area contributed by atoms with E-state index in [2.05, 4.69) is 20.8 Å². The molecule has 0 aliphatic carbocycles. The van der Waals surface area contributed by atoms with Crippen LogP contribution in [0.25, 0.3) is 0 Å². The molecule has 2 saturated heterocycles. The van der Waals surface area contributed by atoms with Crippen molar-refractivity contribution >= 4 is 18.7 Å². The number of likely N-dealkylation sites (tertiary alicyclic amines) is 1. The summed E-state index contributed by atoms with van der Waals surface area (Å²) in [5.41, 5.74) is 0.221. The summed E-state index contributed by atoms with van der Waals surface area (Å²) in [6, 6.07) is 7.85. The maximum Gasteiger partial charge on any atom is 0.494 e. The molecule has 2 aliphatic rings. The molecule has 160 valence electrons. The zero-order chi connectivity index (χ0) is 21.2. The third-order valence-corrected chi connectivity index (χ3v) is 5.14. The van der Waals surface area contributed by atoms with Gasteiger partial charge in [0.1, 0.15) is 18.0 Å². The van der Waals surface area contributed by atoms with E-state index < -0.39 is 12.7 Å². The van der Waals surface area contributed by atoms with E-state index in [4.69, 9.17) is 18.8 Å². The van der Waals surface area contributed by atoms with Gasteiger partial charge >= 0.3 is 13.2 Å². The SMILES string of the molecule is CC1CC(C)(C)OB(c2cccc(OCC3CCCN3C(=O)OC(C)(C)C)c2)O1. The minimum atomic E-state index is -0.496. The molecule has 2 aliphatic heterocycles. The Morgan fingerprint density at radius 1 is 1.34 bits per heavy atom. The van der Waals surface area contributed by atoms with Gasteiger partial charge in [-0.05, 0) is 78.4 Å². The Balaban J connectivity index is 1.61. The van der Waals surface area contributed by atoms with Crippen molar-refractivity contribution < 1.29 is 23.6 Å². The van der Waals surface area contributed by atoms with Crippen LogP contribution in [0.15, 0.2) is 24.3 Å². The lowest BCUT2D eigenvalue weighted by Gasteiger charge is -2.38. The van der Waals surface area contributed by atoms with Gasteiger partial charge in [-0.3, -0.25) is 0 Å². The lowest BCUT2D eigenvalue weighted by molar-refractivity contribution is -0.0230. The number of nitrogens with zero attached hydrogens (tertiary/aromatic N) is 1. The number of benzene rings is 1. The summed E-state index contributed by atoms with van der Waals surface area (Å²) < 4.78 is 23.7. The lowest BCUT2D eigenvalue weighted by atomic mass is 9.75. The normalized spacial score (nSPS) is 24.5. The maximum absolute atomic E-state index is 12.5. The first-order valence-electron chi connectivity index (χ1n) is 10.6. The van der Waals surface area contributed by atoms with Gasteiger partial charge in [-0.25, -0.2) is 4.79 Å². The number of hydrogen-bond acceptors (Lipinski definition) is 5. The highest BCUT2D eigenvalue weighted by Gasteiger charge is 2.38. The topological polar surface area (TPSA) is 57.2 Å². The number of carbonyl (C=O) groups is 1. The van der Waals surface area contributed by atoms with Crippen LogP contribution in [-0.4, -0.2) is 54.6 Å². The molecule has 1 amide bonds. The third kappa shape index (κ3) is 6.13. The summed E-state index contributed by atoms with van der Waals surface area (Å²) in [4.78, 5) is 14.2. The molecule has 2 atom stereocenters. The van der Waals surface area contributed by atoms with E-state index in [0.29, 0.717) is 13.2 Å². The van der Waals surface area contributed by atoms with Crippen molar-refractivity contribution in [2.24, 2.45) is 0 Å². The molecule has 0 saturated carbocycles. The van der Waals surface area contributed by atoms with Crippen LogP contribution in [0, 0.1) is 0 Å². The van der Waals surface area contributed by atoms with Crippen molar-refractivity contribution in [2.75, 3.05) is 13.2 Å². The molecular formula is C22H34BNO5. The van der Waals surface area contributed by atoms with Crippen LogP contribution >= 0.6 is 0 Å². The number of rotatable bonds is 4. The molecule has 29 heavy (non-hydrogen) atoms. The van der Waals surface area contributed by atoms with Crippen molar-refractivity contribution in [3.05, 3.63) is 24.3 Å². The molecule has 2 fully saturated rings. The fourth-order valence-electron chi connectivity index (χ4n) is 3.98. The van der Waals surface area contributed by atoms with E-state index in [0.717, 1.165) is 30.5 Å². The Morgan fingerprint density at radius 2 is 2.10 bits per heavy atom. The molecule has 0 spiro atoms. The zero-order valence-electron chi connectivity index (χ0n) is 18.6. The summed E-state index contributed by atoms with van der Waals surface area (Å²) in [7, 11) is -0.401. The fraction of sp³-hybridized carbons (Fsp3) is 0.682. The van der Waals surface area contributed by atoms with Gasteiger partial charge in [0, 0.05) is 12.6 Å². The fourth-order valence-corrected chi connectivity index (χ4v) is 3.98. The van der Waals surface area contributed by atoms with Crippen LogP contribution < -0.4 is 10.2 Å². The predicted octanol–water partition coefficient (Wildman–Crippen LogP) is 3.76. The highest BCUT2D eigenvalue weighted by Crippen LogP contribution is 2.26. The van der Waals surface area contributed by atoms with Crippen LogP contribution in [0.1, 0.15) is 60.8 Å². The molecule has 1 aromatic rings. The first kappa shape index (κ1) is 22.0. The Bertz CT molecular complexity index is 717. The summed E-state index contributed by atoms with van der Waals surface area (Å²) in [5.74, 6) is 0.752. The molecular weight excluding hydrogens is 369 g/mol. The first-order valence-corrected chi connectivity index (χ1v) is 10.6. The van der Waals surface area contributed by atoms with E-state index >= 15 is 0 Å². The Morgan fingerprint density at radius 3 is 2.79 bits per heavy atom. The largest absolute Gasteiger partial charge is 0.494 e. The second-order valence-corrected chi connectivity index (χ2v) is 9.71. The molecule has 2 heterocycles. The Kier molecular flexibility index (Phi) is 6.49. The third-order valence-electron chi connectivity index (χ3n) is 5.14. The van der Waals surface area contributed by atoms with Crippen molar-refractivity contribution in [3.63, 3.8) is 0 Å². The summed E-state index contributed by atoms with van der Waals surface area (Å²) in [6.07, 6.45) is 2.61. The second-order valence-electron chi connectivity index (χ2n) is 9.71. The Labute approximate surface area is 175 Å². The molecule has 0 N–H and O–H groups in total. The van der Waals surface area contributed by atoms with E-state index in [1.54, 1.807) is 4.90 Å². The quantitative estimate of drug-likeness (QED) is 0.717. The summed E-state index contributed by atoms with van der Waals surface area (Å²) >= 11 is 0. The van der Waals surface area contributed by atoms with Crippen molar-refractivity contribution in [1.29, 1.82) is 0 Å². The van der Waals surface area contributed by atoms with Gasteiger partial charge in [-0.2, -0.15) is 0 Å². The van der Waals surface area contributed by atoms with Crippen LogP contribution in [0.5, 0.6) is 5.75 Å². The van der Waals surface area contributed by atoms with Crippen LogP contribution in [-0.2, 0) is 14.0 Å². The van der Waals surface area contributed by atoms with Gasteiger partial charge in [0.2, 0.25) is 0 Å². The van der Waals surface area contributed by atoms with Gasteiger partial charge in [0.25, 0.3) is 0 Å². The minimum absolute atomic E-state index is 0.0228. The molecule has 0 aromatic heterocycles. The second kappa shape index (κ2) is 8.56. The standard InChI is InChI=1S/C22H34BNO5/c1-16-14-22(5,6)29-23(28-16)17-9-7-11-19(13-17)26-15-18-10-8-12-24(18)20(25)27-21(2,3)4/h7,9,11,13,16,18H,8,10,12,14-15H2,1-6H3. The first-order chi connectivity index (χ1) is 13.5. The molecule has 2 unspecified atom stereocenters. The molecule has 0 bridgehead atoms. The van der Waals surface area contributed by atoms with Crippen LogP contribution in [0.4, 0.5) is 4.79 Å². The predicted molar refractivity (Wildman–Crippen MR) is 114 cm³/mol. The molecule has 6 nitrogen and oxygen atoms in total. The van der Waals surface area contributed by atoms with Gasteiger partial charge in [-0.15, -0.1) is 0 Å². The lowest BCUT2D eigenvalue weighted by Crippen LogP contribution is -2.51. The number of ether oxygens (including phenoxy) is 2. The summed E-state index contributed by atoms with van der Waals surface area (Å²) in [5, 5.41) is 0. The summed E-state index contributed by atoms with van der Waals surface area (Å²) in [6.45, 7) is 13.1. The van der Waals surface area contributed by atoms with Gasteiger partial charge in [-0.1, -0.05) is 12.1 Å². The van der Waals surface area contributed by atoms with Crippen LogP contribution in [0.2, 0.25) is 0 Å². The van der Waals surface area contributed by atoms with Crippen molar-refractivity contribution in [1.82, 2.24) is 4.90 Å². The van der Waals surface area contributed by atoms with Crippen molar-refractivity contribution in [3.8, 4) is 5.75 Å². The highest BCUT2D eigenvalue weighted by molar-refractivity contribution is 6.61. The number of amides is 1. The molecule has 3 rings (SSSR count).